The molecule has 1 aromatic carbocycles. The number of hydrogen-bond acceptors (Lipinski definition) is 11. The number of carbonyl (C=O) groups is 4. The lowest BCUT2D eigenvalue weighted by molar-refractivity contribution is -0.335. The van der Waals surface area contributed by atoms with Crippen molar-refractivity contribution in [2.24, 2.45) is 28.6 Å². The highest BCUT2D eigenvalue weighted by atomic mass is 32.2. The van der Waals surface area contributed by atoms with Gasteiger partial charge >= 0.3 is 18.1 Å². The predicted molar refractivity (Wildman–Crippen MR) is 165 cm³/mol. The molecule has 2 bridgehead atoms. The normalized spacial score (nSPS) is 38.7. The Morgan fingerprint density at radius 2 is 1.78 bits per heavy atom. The Kier molecular flexibility index (Phi) is 8.35. The first kappa shape index (κ1) is 32.1. The van der Waals surface area contributed by atoms with Crippen LogP contribution in [0.1, 0.15) is 73.0 Å². The van der Waals surface area contributed by atoms with E-state index in [0.29, 0.717) is 24.0 Å². The van der Waals surface area contributed by atoms with Gasteiger partial charge in [-0.15, -0.1) is 0 Å². The van der Waals surface area contributed by atoms with E-state index in [2.05, 4.69) is 0 Å². The number of Topliss-reactive ketones (excluding diaryl/α,β-unsaturated/α-hetero) is 1. The van der Waals surface area contributed by atoms with Gasteiger partial charge in [0, 0.05) is 25.4 Å². The second-order valence-corrected chi connectivity index (χ2v) is 14.1. The lowest BCUT2D eigenvalue weighted by atomic mass is 9.43. The molecular formula is C34H44O10S. The Morgan fingerprint density at radius 1 is 1.09 bits per heavy atom. The molecule has 10 nitrogen and oxygen atoms in total. The van der Waals surface area contributed by atoms with Crippen molar-refractivity contribution in [1.29, 1.82) is 0 Å². The monoisotopic (exact) mass is 645 g/mol. The summed E-state index contributed by atoms with van der Waals surface area (Å²) in [4.78, 5) is 55.1. The van der Waals surface area contributed by atoms with Crippen LogP contribution < -0.4 is 0 Å². The number of ether oxygens (including phenoxy) is 5. The minimum atomic E-state index is -1.46. The van der Waals surface area contributed by atoms with Crippen LogP contribution in [0.3, 0.4) is 0 Å². The lowest BCUT2D eigenvalue weighted by Crippen LogP contribution is -2.80. The van der Waals surface area contributed by atoms with Crippen LogP contribution in [0.5, 0.6) is 0 Å². The van der Waals surface area contributed by atoms with Gasteiger partial charge in [-0.25, -0.2) is 9.59 Å². The van der Waals surface area contributed by atoms with E-state index in [9.17, 15) is 14.4 Å². The van der Waals surface area contributed by atoms with Crippen molar-refractivity contribution in [3.8, 4) is 0 Å². The smallest absolute Gasteiger partial charge is 0.455 e. The van der Waals surface area contributed by atoms with Gasteiger partial charge in [0.1, 0.15) is 17.8 Å². The van der Waals surface area contributed by atoms with Crippen molar-refractivity contribution in [3.63, 3.8) is 0 Å². The third-order valence-electron chi connectivity index (χ3n) is 11.3. The molecular weight excluding hydrogens is 600 g/mol. The average Bonchev–Trinajstić information content (AvgIpc) is 3.01. The summed E-state index contributed by atoms with van der Waals surface area (Å²) in [6.07, 6.45) is -3.58. The predicted octanol–water partition coefficient (Wildman–Crippen LogP) is 5.73. The first-order valence-corrected chi connectivity index (χ1v) is 16.2. The number of methoxy groups -OCH3 is 1. The van der Waals surface area contributed by atoms with E-state index < -0.39 is 70.3 Å². The van der Waals surface area contributed by atoms with Crippen LogP contribution in [0.25, 0.3) is 0 Å². The largest absolute Gasteiger partial charge is 0.508 e. The van der Waals surface area contributed by atoms with Gasteiger partial charge in [0.15, 0.2) is 17.5 Å². The van der Waals surface area contributed by atoms with Crippen molar-refractivity contribution < 1.29 is 48.4 Å². The number of allylic oxidation sites excluding steroid dienone is 1. The van der Waals surface area contributed by atoms with Gasteiger partial charge in [-0.05, 0) is 61.3 Å². The summed E-state index contributed by atoms with van der Waals surface area (Å²) in [6.45, 7) is 12.6. The molecule has 1 saturated heterocycles. The molecule has 246 valence electrons. The summed E-state index contributed by atoms with van der Waals surface area (Å²) in [5, 5.41) is 0. The van der Waals surface area contributed by atoms with Gasteiger partial charge < -0.3 is 27.9 Å². The number of ketones is 1. The van der Waals surface area contributed by atoms with E-state index >= 15 is 4.79 Å². The topological polar surface area (TPSA) is 124 Å². The molecule has 45 heavy (non-hydrogen) atoms. The molecule has 1 unspecified atom stereocenters. The molecule has 5 rings (SSSR count). The van der Waals surface area contributed by atoms with Crippen LogP contribution in [-0.4, -0.2) is 73.3 Å². The zero-order valence-corrected chi connectivity index (χ0v) is 28.0. The molecule has 3 fully saturated rings. The number of carbonyl (C=O) groups excluding carboxylic acids is 4. The minimum Gasteiger partial charge on any atom is -0.455 e. The van der Waals surface area contributed by atoms with Crippen LogP contribution in [0.4, 0.5) is 4.79 Å². The Hall–Kier alpha value is -2.89. The molecule has 0 aromatic heterocycles. The second kappa shape index (κ2) is 11.7. The van der Waals surface area contributed by atoms with Crippen LogP contribution in [-0.2, 0) is 37.5 Å². The van der Waals surface area contributed by atoms with Gasteiger partial charge in [0.25, 0.3) is 0 Å². The molecule has 9 atom stereocenters. The first-order chi connectivity index (χ1) is 21.6. The van der Waals surface area contributed by atoms with E-state index in [1.54, 1.807) is 37.3 Å². The zero-order chi connectivity index (χ0) is 33.8. The highest BCUT2D eigenvalue weighted by Crippen LogP contribution is 2.67. The molecule has 3 aliphatic carbocycles. The average molecular weight is 646 g/mol. The molecule has 0 amide bonds. The number of fused-ring (bicyclic) bond motifs is 5. The molecule has 0 N–H and O–H groups in total. The van der Waals surface area contributed by atoms with Crippen LogP contribution in [0.2, 0.25) is 0 Å². The summed E-state index contributed by atoms with van der Waals surface area (Å²) < 4.78 is 44.6. The number of rotatable bonds is 6. The van der Waals surface area contributed by atoms with Crippen molar-refractivity contribution in [1.82, 2.24) is 0 Å². The highest BCUT2D eigenvalue weighted by molar-refractivity contribution is 7.93. The Bertz CT molecular complexity index is 1430. The maximum absolute atomic E-state index is 15.3. The number of hydrogen-bond donors (Lipinski definition) is 0. The zero-order valence-electron chi connectivity index (χ0n) is 28.2. The third kappa shape index (κ3) is 4.83. The maximum atomic E-state index is 15.3. The SMILES string of the molecule is [2H]CSO[C@]12C[C@H](C)C(C)=C([C@@H](OC(C)=O)C(=O)[C@@]3(C)C([C@@H]1OC(=O)c1ccccc1)[C@]1(OC(=O)OC)CO[C@@H]1C[C@@H]3C)C2(C)C. The molecule has 4 aliphatic rings. The fourth-order valence-electron chi connectivity index (χ4n) is 8.65. The van der Waals surface area contributed by atoms with Gasteiger partial charge in [-0.2, -0.15) is 0 Å². The van der Waals surface area contributed by atoms with E-state index in [1.165, 1.54) is 14.0 Å². The molecule has 1 aromatic rings. The van der Waals surface area contributed by atoms with E-state index in [0.717, 1.165) is 17.6 Å². The Balaban J connectivity index is 1.89. The third-order valence-corrected chi connectivity index (χ3v) is 11.7. The second-order valence-electron chi connectivity index (χ2n) is 13.7. The van der Waals surface area contributed by atoms with Crippen molar-refractivity contribution in [2.75, 3.05) is 19.9 Å². The first-order valence-electron chi connectivity index (χ1n) is 16.0. The summed E-state index contributed by atoms with van der Waals surface area (Å²) in [7, 11) is 1.20. The standard InChI is InChI=1S/C34H44O10S/c1-18-16-34(44-45-9)28(42-29(37)22-13-11-10-12-14-22)26-32(7,19(2)15-23-33(26,17-40-23)43-30(38)39-8)27(36)25(41-21(4)35)24(20(18)3)31(34,5)6/h10-14,18-19,23,25-26,28H,15-17H2,1-9H3/t18-,19-,23+,25+,26?,28-,32+,33-,34+/m0/s1/i9D. The molecule has 1 aliphatic heterocycles. The summed E-state index contributed by atoms with van der Waals surface area (Å²) in [5.41, 5.74) is -3.59. The molecule has 1 heterocycles. The Labute approximate surface area is 270 Å². The molecule has 0 spiro atoms. The minimum absolute atomic E-state index is 0.0793. The lowest BCUT2D eigenvalue weighted by Gasteiger charge is -2.68. The molecule has 11 heteroatoms. The number of benzene rings is 1. The summed E-state index contributed by atoms with van der Waals surface area (Å²) in [5.74, 6) is -3.29. The van der Waals surface area contributed by atoms with Crippen LogP contribution in [0, 0.1) is 28.6 Å². The summed E-state index contributed by atoms with van der Waals surface area (Å²) in [6, 6.07) is 8.53. The fourth-order valence-corrected chi connectivity index (χ4v) is 9.24. The molecule has 0 radical (unpaired) electrons. The highest BCUT2D eigenvalue weighted by Gasteiger charge is 2.78. The van der Waals surface area contributed by atoms with Crippen LogP contribution >= 0.6 is 12.0 Å². The summed E-state index contributed by atoms with van der Waals surface area (Å²) >= 11 is 0.911. The number of esters is 2. The van der Waals surface area contributed by atoms with Crippen molar-refractivity contribution in [3.05, 3.63) is 47.0 Å². The van der Waals surface area contributed by atoms with E-state index in [-0.39, 0.29) is 24.5 Å². The van der Waals surface area contributed by atoms with Gasteiger partial charge in [0.2, 0.25) is 0 Å². The van der Waals surface area contributed by atoms with E-state index in [4.69, 9.17) is 29.2 Å². The van der Waals surface area contributed by atoms with Crippen LogP contribution in [0.15, 0.2) is 41.5 Å². The van der Waals surface area contributed by atoms with Gasteiger partial charge in [0.05, 0.1) is 25.2 Å². The quantitative estimate of drug-likeness (QED) is 0.163. The molecule has 2 saturated carbocycles. The van der Waals surface area contributed by atoms with Crippen molar-refractivity contribution in [2.45, 2.75) is 90.8 Å². The van der Waals surface area contributed by atoms with E-state index in [1.807, 2.05) is 34.6 Å². The van der Waals surface area contributed by atoms with Gasteiger partial charge in [-0.3, -0.25) is 9.59 Å². The maximum Gasteiger partial charge on any atom is 0.508 e. The fraction of sp³-hybridized carbons (Fsp3) is 0.647. The Morgan fingerprint density at radius 3 is 2.36 bits per heavy atom. The van der Waals surface area contributed by atoms with Crippen molar-refractivity contribution >= 4 is 35.9 Å². The van der Waals surface area contributed by atoms with Gasteiger partial charge in [-0.1, -0.05) is 58.4 Å².